The summed E-state index contributed by atoms with van der Waals surface area (Å²) in [6.07, 6.45) is 0.889. The zero-order valence-electron chi connectivity index (χ0n) is 21.4. The van der Waals surface area contributed by atoms with E-state index in [0.717, 1.165) is 0 Å². The highest BCUT2D eigenvalue weighted by Crippen LogP contribution is 2.68. The van der Waals surface area contributed by atoms with E-state index in [1.54, 1.807) is 20.8 Å². The standard InChI is InChI=1S/C27H44O8/c1-23(2,33)8-7-22(32)25(4,34)21-6-10-27(35)16-11-18(29)17-12-19(30)20(31)13-26(17,14-28)15(16)5-9-24(21,27)3/h11,15,17,19-22,28,30-35H,5-10,12-14H2,1-4H3/t15-,17?,19?,20?,21-,22?,24+,25+,26-,27+/m0/s1. The third kappa shape index (κ3) is 3.95. The second-order valence-corrected chi connectivity index (χ2v) is 13.1. The summed E-state index contributed by atoms with van der Waals surface area (Å²) < 4.78 is 0. The van der Waals surface area contributed by atoms with E-state index in [1.807, 2.05) is 6.92 Å². The van der Waals surface area contributed by atoms with Crippen molar-refractivity contribution in [2.45, 2.75) is 114 Å². The summed E-state index contributed by atoms with van der Waals surface area (Å²) in [6, 6.07) is 0. The predicted octanol–water partition coefficient (Wildman–Crippen LogP) is 0.826. The van der Waals surface area contributed by atoms with Crippen LogP contribution in [0.3, 0.4) is 0 Å². The Labute approximate surface area is 207 Å². The van der Waals surface area contributed by atoms with Crippen LogP contribution in [0.2, 0.25) is 0 Å². The van der Waals surface area contributed by atoms with Crippen LogP contribution in [-0.4, -0.2) is 83.3 Å². The molecule has 3 fully saturated rings. The molecule has 0 saturated heterocycles. The first kappa shape index (κ1) is 27.2. The van der Waals surface area contributed by atoms with Gasteiger partial charge in [0.05, 0.1) is 41.7 Å². The van der Waals surface area contributed by atoms with Crippen LogP contribution in [0.15, 0.2) is 11.6 Å². The molecule has 4 aliphatic rings. The summed E-state index contributed by atoms with van der Waals surface area (Å²) in [7, 11) is 0. The first-order chi connectivity index (χ1) is 16.0. The minimum Gasteiger partial charge on any atom is -0.396 e. The number of carbonyl (C=O) groups excluding carboxylic acids is 1. The quantitative estimate of drug-likeness (QED) is 0.285. The smallest absolute Gasteiger partial charge is 0.159 e. The molecule has 7 N–H and O–H groups in total. The highest BCUT2D eigenvalue weighted by atomic mass is 16.3. The first-order valence-corrected chi connectivity index (χ1v) is 13.1. The van der Waals surface area contributed by atoms with Gasteiger partial charge in [0.2, 0.25) is 0 Å². The number of allylic oxidation sites excluding steroid dienone is 1. The number of hydrogen-bond acceptors (Lipinski definition) is 8. The van der Waals surface area contributed by atoms with E-state index in [-0.39, 0.29) is 37.6 Å². The van der Waals surface area contributed by atoms with Gasteiger partial charge in [0, 0.05) is 16.7 Å². The molecule has 0 heterocycles. The normalized spacial score (nSPS) is 46.2. The third-order valence-electron chi connectivity index (χ3n) is 10.6. The van der Waals surface area contributed by atoms with E-state index in [2.05, 4.69) is 0 Å². The van der Waals surface area contributed by atoms with Gasteiger partial charge in [-0.2, -0.15) is 0 Å². The van der Waals surface area contributed by atoms with Gasteiger partial charge < -0.3 is 35.7 Å². The lowest BCUT2D eigenvalue weighted by Crippen LogP contribution is -2.64. The lowest BCUT2D eigenvalue weighted by molar-refractivity contribution is -0.183. The summed E-state index contributed by atoms with van der Waals surface area (Å²) in [5, 5.41) is 76.1. The number of hydrogen-bond donors (Lipinski definition) is 7. The van der Waals surface area contributed by atoms with Gasteiger partial charge in [-0.25, -0.2) is 0 Å². The Bertz CT molecular complexity index is 877. The van der Waals surface area contributed by atoms with Gasteiger partial charge in [0.15, 0.2) is 5.78 Å². The van der Waals surface area contributed by atoms with E-state index in [9.17, 15) is 40.5 Å². The van der Waals surface area contributed by atoms with Gasteiger partial charge in [-0.3, -0.25) is 4.79 Å². The van der Waals surface area contributed by atoms with E-state index >= 15 is 0 Å². The number of carbonyl (C=O) groups is 1. The molecular weight excluding hydrogens is 452 g/mol. The minimum atomic E-state index is -1.51. The summed E-state index contributed by atoms with van der Waals surface area (Å²) in [5.41, 5.74) is -5.08. The van der Waals surface area contributed by atoms with Crippen LogP contribution in [0.1, 0.15) is 79.1 Å². The molecule has 0 aromatic rings. The van der Waals surface area contributed by atoms with Crippen LogP contribution in [0, 0.1) is 28.6 Å². The molecule has 3 saturated carbocycles. The molecule has 200 valence electrons. The van der Waals surface area contributed by atoms with E-state index in [0.29, 0.717) is 37.7 Å². The molecule has 0 bridgehead atoms. The van der Waals surface area contributed by atoms with Crippen molar-refractivity contribution >= 4 is 5.78 Å². The molecule has 10 atom stereocenters. The highest BCUT2D eigenvalue weighted by Gasteiger charge is 2.69. The molecule has 0 aromatic carbocycles. The predicted molar refractivity (Wildman–Crippen MR) is 128 cm³/mol. The molecule has 0 aromatic heterocycles. The Kier molecular flexibility index (Phi) is 6.66. The zero-order chi connectivity index (χ0) is 26.2. The minimum absolute atomic E-state index is 0.0846. The number of aliphatic hydroxyl groups is 7. The summed E-state index contributed by atoms with van der Waals surface area (Å²) in [6.45, 7) is 6.51. The monoisotopic (exact) mass is 496 g/mol. The topological polar surface area (TPSA) is 159 Å². The van der Waals surface area contributed by atoms with Gasteiger partial charge in [-0.1, -0.05) is 6.92 Å². The Morgan fingerprint density at radius 1 is 1.09 bits per heavy atom. The fraction of sp³-hybridized carbons (Fsp3) is 0.889. The number of fused-ring (bicyclic) bond motifs is 5. The molecule has 35 heavy (non-hydrogen) atoms. The number of ketones is 1. The molecular formula is C27H44O8. The Balaban J connectivity index is 1.69. The van der Waals surface area contributed by atoms with Crippen LogP contribution in [0.5, 0.6) is 0 Å². The maximum absolute atomic E-state index is 13.3. The fourth-order valence-corrected chi connectivity index (χ4v) is 8.38. The lowest BCUT2D eigenvalue weighted by Gasteiger charge is -2.61. The van der Waals surface area contributed by atoms with Crippen molar-refractivity contribution in [2.24, 2.45) is 28.6 Å². The Morgan fingerprint density at radius 3 is 2.34 bits per heavy atom. The largest absolute Gasteiger partial charge is 0.396 e. The van der Waals surface area contributed by atoms with Gasteiger partial charge in [0.1, 0.15) is 0 Å². The average molecular weight is 497 g/mol. The Morgan fingerprint density at radius 2 is 1.74 bits per heavy atom. The molecule has 4 aliphatic carbocycles. The number of aliphatic hydroxyl groups excluding tert-OH is 4. The molecule has 0 radical (unpaired) electrons. The molecule has 0 spiro atoms. The highest BCUT2D eigenvalue weighted by molar-refractivity contribution is 5.95. The van der Waals surface area contributed by atoms with Gasteiger partial charge in [0.25, 0.3) is 0 Å². The summed E-state index contributed by atoms with van der Waals surface area (Å²) >= 11 is 0. The van der Waals surface area contributed by atoms with Crippen molar-refractivity contribution < 1.29 is 40.5 Å². The Hall–Kier alpha value is -0.870. The van der Waals surface area contributed by atoms with Crippen molar-refractivity contribution in [1.82, 2.24) is 0 Å². The van der Waals surface area contributed by atoms with E-state index < -0.39 is 57.8 Å². The van der Waals surface area contributed by atoms with Crippen molar-refractivity contribution in [3.05, 3.63) is 11.6 Å². The summed E-state index contributed by atoms with van der Waals surface area (Å²) in [4.78, 5) is 13.3. The van der Waals surface area contributed by atoms with Gasteiger partial charge in [-0.05, 0) is 95.6 Å². The fourth-order valence-electron chi connectivity index (χ4n) is 8.38. The molecule has 8 heteroatoms. The van der Waals surface area contributed by atoms with Crippen LogP contribution in [-0.2, 0) is 4.79 Å². The molecule has 8 nitrogen and oxygen atoms in total. The SMILES string of the molecule is CC(C)(O)CCC(O)[C@](C)(O)[C@H]1CC[C@@]2(O)C3=CC(=O)C4CC(O)C(O)C[C@]4(CO)[C@H]3CC[C@]12C. The maximum atomic E-state index is 13.3. The van der Waals surface area contributed by atoms with Crippen molar-refractivity contribution in [3.8, 4) is 0 Å². The lowest BCUT2D eigenvalue weighted by atomic mass is 9.45. The van der Waals surface area contributed by atoms with Crippen LogP contribution in [0.25, 0.3) is 0 Å². The van der Waals surface area contributed by atoms with Crippen molar-refractivity contribution in [2.75, 3.05) is 6.61 Å². The second-order valence-electron chi connectivity index (χ2n) is 13.1. The van der Waals surface area contributed by atoms with Gasteiger partial charge >= 0.3 is 0 Å². The zero-order valence-corrected chi connectivity index (χ0v) is 21.4. The first-order valence-electron chi connectivity index (χ1n) is 13.1. The molecule has 0 aliphatic heterocycles. The molecule has 4 rings (SSSR count). The van der Waals surface area contributed by atoms with Gasteiger partial charge in [-0.15, -0.1) is 0 Å². The van der Waals surface area contributed by atoms with Crippen LogP contribution < -0.4 is 0 Å². The maximum Gasteiger partial charge on any atom is 0.159 e. The molecule has 0 amide bonds. The second kappa shape index (κ2) is 8.58. The van der Waals surface area contributed by atoms with Crippen molar-refractivity contribution in [1.29, 1.82) is 0 Å². The average Bonchev–Trinajstić information content (AvgIpc) is 3.05. The van der Waals surface area contributed by atoms with E-state index in [4.69, 9.17) is 0 Å². The van der Waals surface area contributed by atoms with Crippen LogP contribution in [0.4, 0.5) is 0 Å². The van der Waals surface area contributed by atoms with Crippen LogP contribution >= 0.6 is 0 Å². The van der Waals surface area contributed by atoms with Crippen molar-refractivity contribution in [3.63, 3.8) is 0 Å². The van der Waals surface area contributed by atoms with E-state index in [1.165, 1.54) is 6.08 Å². The number of rotatable bonds is 6. The third-order valence-corrected chi connectivity index (χ3v) is 10.6. The summed E-state index contributed by atoms with van der Waals surface area (Å²) in [5.74, 6) is -1.62. The molecule has 4 unspecified atom stereocenters.